The smallest absolute Gasteiger partial charge is 0.329 e. The van der Waals surface area contributed by atoms with E-state index in [4.69, 9.17) is 28.9 Å². The number of rotatable bonds is 2. The van der Waals surface area contributed by atoms with Crippen molar-refractivity contribution in [1.82, 2.24) is 5.43 Å². The number of nitrogens with two attached hydrogens (primary N) is 1. The quantitative estimate of drug-likeness (QED) is 0.420. The van der Waals surface area contributed by atoms with Gasteiger partial charge >= 0.3 is 11.8 Å². The normalized spacial score (nSPS) is 23.5. The van der Waals surface area contributed by atoms with E-state index in [-0.39, 0.29) is 33.4 Å². The van der Waals surface area contributed by atoms with Crippen LogP contribution in [0.15, 0.2) is 41.5 Å². The largest absolute Gasteiger partial charge is 0.375 e. The number of anilines is 1. The van der Waals surface area contributed by atoms with Crippen LogP contribution >= 0.6 is 23.2 Å². The number of hydrogen-bond donors (Lipinski definition) is 4. The second-order valence-corrected chi connectivity index (χ2v) is 7.59. The Morgan fingerprint density at radius 2 is 2.00 bits per heavy atom. The first-order valence-electron chi connectivity index (χ1n) is 8.52. The van der Waals surface area contributed by atoms with Gasteiger partial charge in [-0.3, -0.25) is 14.4 Å². The summed E-state index contributed by atoms with van der Waals surface area (Å²) in [5.74, 6) is -3.89. The summed E-state index contributed by atoms with van der Waals surface area (Å²) < 4.78 is 0. The van der Waals surface area contributed by atoms with E-state index in [1.165, 1.54) is 12.1 Å². The first-order chi connectivity index (χ1) is 13.7. The molecule has 2 atom stereocenters. The van der Waals surface area contributed by atoms with E-state index in [9.17, 15) is 19.5 Å². The number of nitrogens with one attached hydrogen (secondary N) is 2. The number of nitrogens with zero attached hydrogens (tertiary/aromatic N) is 1. The highest BCUT2D eigenvalue weighted by molar-refractivity contribution is 6.38. The predicted molar refractivity (Wildman–Crippen MR) is 106 cm³/mol. The first kappa shape index (κ1) is 19.4. The van der Waals surface area contributed by atoms with E-state index in [0.717, 1.165) is 5.56 Å². The number of carbonyl (C=O) groups excluding carboxylic acids is 3. The van der Waals surface area contributed by atoms with Crippen LogP contribution in [0.4, 0.5) is 5.69 Å². The first-order valence-corrected chi connectivity index (χ1v) is 9.28. The SMILES string of the molecule is NC(=O)C(=O)N/N=C1\c2ccccc2CC1C1(O)C(=O)Nc2c(Cl)cc(Cl)cc21. The Morgan fingerprint density at radius 3 is 2.72 bits per heavy atom. The maximum absolute atomic E-state index is 12.9. The molecule has 0 fully saturated rings. The number of primary amides is 1. The Morgan fingerprint density at radius 1 is 1.28 bits per heavy atom. The molecule has 2 aromatic rings. The molecule has 0 radical (unpaired) electrons. The van der Waals surface area contributed by atoms with Crippen LogP contribution in [0.1, 0.15) is 16.7 Å². The highest BCUT2D eigenvalue weighted by Crippen LogP contribution is 2.49. The lowest BCUT2D eigenvalue weighted by Gasteiger charge is -2.28. The molecular weight excluding hydrogens is 419 g/mol. The van der Waals surface area contributed by atoms with Crippen molar-refractivity contribution in [2.24, 2.45) is 16.8 Å². The highest BCUT2D eigenvalue weighted by atomic mass is 35.5. The Kier molecular flexibility index (Phi) is 4.57. The maximum atomic E-state index is 12.9. The molecule has 2 aliphatic rings. The molecule has 1 aliphatic carbocycles. The average molecular weight is 433 g/mol. The second kappa shape index (κ2) is 6.84. The molecule has 0 saturated heterocycles. The van der Waals surface area contributed by atoms with Crippen molar-refractivity contribution >= 4 is 52.3 Å². The summed E-state index contributed by atoms with van der Waals surface area (Å²) in [6.45, 7) is 0. The Hall–Kier alpha value is -2.94. The predicted octanol–water partition coefficient (Wildman–Crippen LogP) is 1.31. The van der Waals surface area contributed by atoms with Crippen molar-refractivity contribution in [3.05, 3.63) is 63.1 Å². The van der Waals surface area contributed by atoms with Crippen molar-refractivity contribution in [2.45, 2.75) is 12.0 Å². The number of halogens is 2. The summed E-state index contributed by atoms with van der Waals surface area (Å²) in [5.41, 5.74) is 7.14. The van der Waals surface area contributed by atoms with Crippen molar-refractivity contribution in [2.75, 3.05) is 5.32 Å². The van der Waals surface area contributed by atoms with Crippen LogP contribution in [-0.2, 0) is 26.4 Å². The van der Waals surface area contributed by atoms with Crippen LogP contribution in [0.3, 0.4) is 0 Å². The number of aliphatic hydroxyl groups is 1. The molecule has 0 aromatic heterocycles. The molecule has 5 N–H and O–H groups in total. The van der Waals surface area contributed by atoms with Gasteiger partial charge in [-0.2, -0.15) is 5.10 Å². The van der Waals surface area contributed by atoms with Crippen LogP contribution in [0.5, 0.6) is 0 Å². The molecule has 2 aromatic carbocycles. The monoisotopic (exact) mass is 432 g/mol. The van der Waals surface area contributed by atoms with E-state index < -0.39 is 29.2 Å². The third kappa shape index (κ3) is 2.96. The minimum Gasteiger partial charge on any atom is -0.375 e. The molecule has 4 rings (SSSR count). The fourth-order valence-electron chi connectivity index (χ4n) is 3.78. The Bertz CT molecular complexity index is 1120. The standard InChI is InChI=1S/C19H14Cl2N4O4/c20-9-6-12-15(13(21)7-9)23-18(28)19(12,29)11-5-8-3-1-2-4-10(8)14(11)24-25-17(27)16(22)26/h1-4,6-7,11,29H,5H2,(H2,22,26)(H,23,28)(H,25,27)/b24-14+. The van der Waals surface area contributed by atoms with Crippen LogP contribution in [0.2, 0.25) is 10.0 Å². The van der Waals surface area contributed by atoms with E-state index in [1.807, 2.05) is 6.07 Å². The summed E-state index contributed by atoms with van der Waals surface area (Å²) in [5, 5.41) is 18.6. The molecule has 0 saturated carbocycles. The maximum Gasteiger partial charge on any atom is 0.329 e. The fourth-order valence-corrected chi connectivity index (χ4v) is 4.32. The lowest BCUT2D eigenvalue weighted by atomic mass is 9.79. The molecule has 3 amide bonds. The van der Waals surface area contributed by atoms with Crippen molar-refractivity contribution < 1.29 is 19.5 Å². The van der Waals surface area contributed by atoms with Crippen LogP contribution in [-0.4, -0.2) is 28.5 Å². The Balaban J connectivity index is 1.86. The molecule has 1 aliphatic heterocycles. The van der Waals surface area contributed by atoms with Gasteiger partial charge in [-0.25, -0.2) is 5.43 Å². The fraction of sp³-hybridized carbons (Fsp3) is 0.158. The lowest BCUT2D eigenvalue weighted by Crippen LogP contribution is -2.45. The summed E-state index contributed by atoms with van der Waals surface area (Å²) in [6.07, 6.45) is 0.259. The van der Waals surface area contributed by atoms with Gasteiger partial charge in [0.05, 0.1) is 22.3 Å². The number of hydrazone groups is 1. The van der Waals surface area contributed by atoms with Gasteiger partial charge in [0.2, 0.25) is 0 Å². The van der Waals surface area contributed by atoms with Crippen LogP contribution < -0.4 is 16.5 Å². The second-order valence-electron chi connectivity index (χ2n) is 6.75. The molecule has 2 unspecified atom stereocenters. The van der Waals surface area contributed by atoms with Gasteiger partial charge in [-0.15, -0.1) is 0 Å². The van der Waals surface area contributed by atoms with E-state index in [1.54, 1.807) is 18.2 Å². The minimum atomic E-state index is -2.04. The zero-order valence-electron chi connectivity index (χ0n) is 14.7. The molecule has 0 spiro atoms. The number of hydrogen-bond acceptors (Lipinski definition) is 5. The van der Waals surface area contributed by atoms with Crippen molar-refractivity contribution in [3.63, 3.8) is 0 Å². The number of amides is 3. The van der Waals surface area contributed by atoms with Crippen molar-refractivity contribution in [1.29, 1.82) is 0 Å². The molecule has 148 valence electrons. The van der Waals surface area contributed by atoms with E-state index >= 15 is 0 Å². The number of carbonyl (C=O) groups is 3. The van der Waals surface area contributed by atoms with E-state index in [2.05, 4.69) is 15.8 Å². The molecule has 29 heavy (non-hydrogen) atoms. The summed E-state index contributed by atoms with van der Waals surface area (Å²) >= 11 is 12.3. The highest BCUT2D eigenvalue weighted by Gasteiger charge is 2.55. The van der Waals surface area contributed by atoms with E-state index in [0.29, 0.717) is 5.56 Å². The number of benzene rings is 2. The summed E-state index contributed by atoms with van der Waals surface area (Å²) in [6, 6.07) is 10.0. The number of fused-ring (bicyclic) bond motifs is 2. The zero-order valence-corrected chi connectivity index (χ0v) is 16.2. The van der Waals surface area contributed by atoms with Gasteiger partial charge in [-0.1, -0.05) is 47.5 Å². The Labute approximate surface area is 174 Å². The van der Waals surface area contributed by atoms with Gasteiger partial charge in [0.1, 0.15) is 0 Å². The van der Waals surface area contributed by atoms with Gasteiger partial charge < -0.3 is 16.2 Å². The van der Waals surface area contributed by atoms with Gasteiger partial charge in [-0.05, 0) is 24.1 Å². The molecule has 0 bridgehead atoms. The summed E-state index contributed by atoms with van der Waals surface area (Å²) in [4.78, 5) is 35.5. The molecular formula is C19H14Cl2N4O4. The van der Waals surface area contributed by atoms with Crippen LogP contribution in [0.25, 0.3) is 0 Å². The van der Waals surface area contributed by atoms with Crippen molar-refractivity contribution in [3.8, 4) is 0 Å². The molecule has 8 nitrogen and oxygen atoms in total. The van der Waals surface area contributed by atoms with Gasteiger partial charge in [0, 0.05) is 16.1 Å². The minimum absolute atomic E-state index is 0.188. The van der Waals surface area contributed by atoms with Gasteiger partial charge in [0.15, 0.2) is 5.60 Å². The van der Waals surface area contributed by atoms with Gasteiger partial charge in [0.25, 0.3) is 5.91 Å². The molecule has 1 heterocycles. The topological polar surface area (TPSA) is 134 Å². The third-order valence-corrected chi connectivity index (χ3v) is 5.62. The average Bonchev–Trinajstić information content (AvgIpc) is 3.17. The molecule has 10 heteroatoms. The third-order valence-electron chi connectivity index (χ3n) is 5.10. The van der Waals surface area contributed by atoms with Crippen LogP contribution in [0, 0.1) is 5.92 Å². The zero-order chi connectivity index (χ0) is 20.9. The lowest BCUT2D eigenvalue weighted by molar-refractivity contribution is -0.137. The summed E-state index contributed by atoms with van der Waals surface area (Å²) in [7, 11) is 0.